The molecule has 5 heteroatoms. The summed E-state index contributed by atoms with van der Waals surface area (Å²) in [5, 5.41) is 6.28. The molecule has 27 heavy (non-hydrogen) atoms. The zero-order chi connectivity index (χ0) is 18.7. The van der Waals surface area contributed by atoms with E-state index in [0.717, 1.165) is 11.4 Å². The van der Waals surface area contributed by atoms with Gasteiger partial charge in [0.1, 0.15) is 24.7 Å². The molecule has 1 saturated carbocycles. The van der Waals surface area contributed by atoms with Gasteiger partial charge in [-0.05, 0) is 37.1 Å². The Morgan fingerprint density at radius 3 is 2.37 bits per heavy atom. The van der Waals surface area contributed by atoms with Gasteiger partial charge in [-0.25, -0.2) is 0 Å². The summed E-state index contributed by atoms with van der Waals surface area (Å²) in [7, 11) is 0. The van der Waals surface area contributed by atoms with Crippen molar-refractivity contribution in [2.24, 2.45) is 0 Å². The molecule has 144 valence electrons. The summed E-state index contributed by atoms with van der Waals surface area (Å²) < 4.78 is 11.3. The van der Waals surface area contributed by atoms with E-state index >= 15 is 0 Å². The Morgan fingerprint density at radius 2 is 1.59 bits per heavy atom. The fourth-order valence-electron chi connectivity index (χ4n) is 3.25. The van der Waals surface area contributed by atoms with Crippen LogP contribution >= 0.6 is 0 Å². The number of amides is 1. The van der Waals surface area contributed by atoms with Crippen LogP contribution in [0.15, 0.2) is 54.6 Å². The van der Waals surface area contributed by atoms with Crippen molar-refractivity contribution >= 4 is 11.6 Å². The zero-order valence-electron chi connectivity index (χ0n) is 15.7. The van der Waals surface area contributed by atoms with Crippen molar-refractivity contribution in [2.45, 2.75) is 38.1 Å². The molecule has 0 bridgehead atoms. The molecular formula is C22H28N2O3. The van der Waals surface area contributed by atoms with Crippen LogP contribution in [0.2, 0.25) is 0 Å². The van der Waals surface area contributed by atoms with Crippen LogP contribution < -0.4 is 20.1 Å². The monoisotopic (exact) mass is 368 g/mol. The van der Waals surface area contributed by atoms with E-state index in [4.69, 9.17) is 9.47 Å². The standard InChI is InChI=1S/C22H28N2O3/c25-22(17-23-18-8-3-1-4-9-18)24-19-10-7-13-21(16-19)27-15-14-26-20-11-5-2-6-12-20/h2,5-7,10-13,16,18,23H,1,3-4,8-9,14-15,17H2,(H,24,25). The van der Waals surface area contributed by atoms with Crippen LogP contribution in [-0.4, -0.2) is 31.7 Å². The number of anilines is 1. The summed E-state index contributed by atoms with van der Waals surface area (Å²) in [6.45, 7) is 1.25. The Morgan fingerprint density at radius 1 is 0.889 bits per heavy atom. The number of para-hydroxylation sites is 1. The molecule has 2 aromatic carbocycles. The third-order valence-electron chi connectivity index (χ3n) is 4.64. The zero-order valence-corrected chi connectivity index (χ0v) is 15.7. The van der Waals surface area contributed by atoms with E-state index in [-0.39, 0.29) is 5.91 Å². The summed E-state index contributed by atoms with van der Waals surface area (Å²) in [6.07, 6.45) is 6.16. The first-order valence-electron chi connectivity index (χ1n) is 9.73. The highest BCUT2D eigenvalue weighted by Gasteiger charge is 2.14. The largest absolute Gasteiger partial charge is 0.490 e. The molecule has 2 N–H and O–H groups in total. The van der Waals surface area contributed by atoms with Gasteiger partial charge in [0.25, 0.3) is 0 Å². The molecule has 1 aliphatic carbocycles. The van der Waals surface area contributed by atoms with Gasteiger partial charge in [-0.1, -0.05) is 43.5 Å². The van der Waals surface area contributed by atoms with Gasteiger partial charge in [0, 0.05) is 17.8 Å². The Labute approximate surface area is 161 Å². The van der Waals surface area contributed by atoms with Crippen molar-refractivity contribution in [1.82, 2.24) is 5.32 Å². The second-order valence-electron chi connectivity index (χ2n) is 6.80. The van der Waals surface area contributed by atoms with E-state index in [1.54, 1.807) is 0 Å². The number of carbonyl (C=O) groups excluding carboxylic acids is 1. The lowest BCUT2D eigenvalue weighted by Gasteiger charge is -2.22. The van der Waals surface area contributed by atoms with Crippen molar-refractivity contribution in [3.8, 4) is 11.5 Å². The lowest BCUT2D eigenvalue weighted by atomic mass is 9.95. The van der Waals surface area contributed by atoms with Crippen LogP contribution in [-0.2, 0) is 4.79 Å². The predicted molar refractivity (Wildman–Crippen MR) is 107 cm³/mol. The number of hydrogen-bond donors (Lipinski definition) is 2. The summed E-state index contributed by atoms with van der Waals surface area (Å²) in [4.78, 5) is 12.1. The normalized spacial score (nSPS) is 14.5. The van der Waals surface area contributed by atoms with Crippen molar-refractivity contribution < 1.29 is 14.3 Å². The summed E-state index contributed by atoms with van der Waals surface area (Å²) >= 11 is 0. The van der Waals surface area contributed by atoms with Gasteiger partial charge in [0.15, 0.2) is 0 Å². The summed E-state index contributed by atoms with van der Waals surface area (Å²) in [6, 6.07) is 17.6. The number of ether oxygens (including phenoxy) is 2. The molecule has 0 aromatic heterocycles. The average Bonchev–Trinajstić information content (AvgIpc) is 2.72. The number of nitrogens with one attached hydrogen (secondary N) is 2. The molecule has 0 radical (unpaired) electrons. The van der Waals surface area contributed by atoms with E-state index in [1.807, 2.05) is 54.6 Å². The first-order chi connectivity index (χ1) is 13.3. The molecule has 0 aliphatic heterocycles. The smallest absolute Gasteiger partial charge is 0.238 e. The molecule has 1 amide bonds. The van der Waals surface area contributed by atoms with Crippen molar-refractivity contribution in [1.29, 1.82) is 0 Å². The van der Waals surface area contributed by atoms with Gasteiger partial charge >= 0.3 is 0 Å². The SMILES string of the molecule is O=C(CNC1CCCCC1)Nc1cccc(OCCOc2ccccc2)c1. The maximum Gasteiger partial charge on any atom is 0.238 e. The van der Waals surface area contributed by atoms with Gasteiger partial charge in [-0.2, -0.15) is 0 Å². The summed E-state index contributed by atoms with van der Waals surface area (Å²) in [5.41, 5.74) is 0.743. The lowest BCUT2D eigenvalue weighted by molar-refractivity contribution is -0.115. The quantitative estimate of drug-likeness (QED) is 0.657. The van der Waals surface area contributed by atoms with Gasteiger partial charge < -0.3 is 20.1 Å². The lowest BCUT2D eigenvalue weighted by Crippen LogP contribution is -2.37. The highest BCUT2D eigenvalue weighted by molar-refractivity contribution is 5.92. The first-order valence-corrected chi connectivity index (χ1v) is 9.73. The number of benzene rings is 2. The molecule has 0 unspecified atom stereocenters. The highest BCUT2D eigenvalue weighted by atomic mass is 16.5. The maximum atomic E-state index is 12.1. The molecule has 2 aromatic rings. The first kappa shape index (κ1) is 19.2. The Hall–Kier alpha value is -2.53. The van der Waals surface area contributed by atoms with E-state index in [2.05, 4.69) is 10.6 Å². The molecular weight excluding hydrogens is 340 g/mol. The van der Waals surface area contributed by atoms with Gasteiger partial charge in [-0.3, -0.25) is 4.79 Å². The van der Waals surface area contributed by atoms with Crippen LogP contribution in [0, 0.1) is 0 Å². The van der Waals surface area contributed by atoms with Gasteiger partial charge in [0.2, 0.25) is 5.91 Å². The van der Waals surface area contributed by atoms with Gasteiger partial charge in [0.05, 0.1) is 6.54 Å². The second kappa shape index (κ2) is 10.6. The van der Waals surface area contributed by atoms with E-state index in [0.29, 0.717) is 31.5 Å². The Bertz CT molecular complexity index is 700. The number of hydrogen-bond acceptors (Lipinski definition) is 4. The fraction of sp³-hybridized carbons (Fsp3) is 0.409. The molecule has 5 nitrogen and oxygen atoms in total. The molecule has 0 saturated heterocycles. The van der Waals surface area contributed by atoms with E-state index < -0.39 is 0 Å². The number of carbonyl (C=O) groups is 1. The highest BCUT2D eigenvalue weighted by Crippen LogP contribution is 2.18. The Balaban J connectivity index is 1.38. The molecule has 0 spiro atoms. The molecule has 0 heterocycles. The van der Waals surface area contributed by atoms with Crippen molar-refractivity contribution in [3.05, 3.63) is 54.6 Å². The third-order valence-corrected chi connectivity index (χ3v) is 4.64. The van der Waals surface area contributed by atoms with Crippen LogP contribution in [0.25, 0.3) is 0 Å². The average molecular weight is 368 g/mol. The van der Waals surface area contributed by atoms with Crippen molar-refractivity contribution in [2.75, 3.05) is 25.1 Å². The minimum absolute atomic E-state index is 0.0230. The third kappa shape index (κ3) is 6.94. The Kier molecular flexibility index (Phi) is 7.54. The van der Waals surface area contributed by atoms with Crippen molar-refractivity contribution in [3.63, 3.8) is 0 Å². The van der Waals surface area contributed by atoms with Crippen LogP contribution in [0.1, 0.15) is 32.1 Å². The van der Waals surface area contributed by atoms with Crippen LogP contribution in [0.3, 0.4) is 0 Å². The maximum absolute atomic E-state index is 12.1. The van der Waals surface area contributed by atoms with Crippen LogP contribution in [0.5, 0.6) is 11.5 Å². The van der Waals surface area contributed by atoms with E-state index in [9.17, 15) is 4.79 Å². The predicted octanol–water partition coefficient (Wildman–Crippen LogP) is 4.01. The van der Waals surface area contributed by atoms with Gasteiger partial charge in [-0.15, -0.1) is 0 Å². The minimum Gasteiger partial charge on any atom is -0.490 e. The topological polar surface area (TPSA) is 59.6 Å². The number of rotatable bonds is 9. The van der Waals surface area contributed by atoms with Crippen LogP contribution in [0.4, 0.5) is 5.69 Å². The van der Waals surface area contributed by atoms with E-state index in [1.165, 1.54) is 32.1 Å². The summed E-state index contributed by atoms with van der Waals surface area (Å²) in [5.74, 6) is 1.52. The molecule has 0 atom stereocenters. The molecule has 1 aliphatic rings. The fourth-order valence-corrected chi connectivity index (χ4v) is 3.25. The molecule has 3 rings (SSSR count). The minimum atomic E-state index is -0.0230. The second-order valence-corrected chi connectivity index (χ2v) is 6.80. The molecule has 1 fully saturated rings.